The van der Waals surface area contributed by atoms with Gasteiger partial charge >= 0.3 is 0 Å². The van der Waals surface area contributed by atoms with Crippen molar-refractivity contribution in [1.82, 2.24) is 4.90 Å². The Morgan fingerprint density at radius 2 is 1.21 bits per heavy atom. The van der Waals surface area contributed by atoms with Crippen LogP contribution < -0.4 is 14.2 Å². The first kappa shape index (κ1) is 22.5. The fourth-order valence-electron chi connectivity index (χ4n) is 4.24. The first-order chi connectivity index (χ1) is 16.0. The molecule has 3 aromatic rings. The third-order valence-corrected chi connectivity index (χ3v) is 5.87. The van der Waals surface area contributed by atoms with Crippen molar-refractivity contribution >= 4 is 5.84 Å². The monoisotopic (exact) mass is 442 g/mol. The van der Waals surface area contributed by atoms with Crippen molar-refractivity contribution in [2.75, 3.05) is 27.9 Å². The molecule has 33 heavy (non-hydrogen) atoms. The lowest BCUT2D eigenvalue weighted by Crippen LogP contribution is -2.33. The molecule has 3 aromatic carbocycles. The molecule has 0 aromatic heterocycles. The second-order valence-electron chi connectivity index (χ2n) is 8.20. The molecular weight excluding hydrogens is 412 g/mol. The first-order valence-electron chi connectivity index (χ1n) is 10.9. The van der Waals surface area contributed by atoms with E-state index >= 15 is 0 Å². The Bertz CT molecular complexity index is 1120. The molecule has 0 amide bonds. The minimum atomic E-state index is -0.0826. The third kappa shape index (κ3) is 4.72. The number of ether oxygens (including phenoxy) is 3. The van der Waals surface area contributed by atoms with Gasteiger partial charge in [-0.3, -0.25) is 4.99 Å². The van der Waals surface area contributed by atoms with Crippen LogP contribution in [0.15, 0.2) is 89.9 Å². The number of amidine groups is 1. The van der Waals surface area contributed by atoms with Gasteiger partial charge in [-0.1, -0.05) is 36.4 Å². The standard InChI is InChI=1S/C28H30N2O3/c1-19(2)18-30-27(21-8-14-24(32-4)15-9-21)26(20-6-12-23(31-3)13-7-20)29-28(30)22-10-16-25(33-5)17-11-22/h6-17,26-27H,1,18H2,2-5H3. The maximum Gasteiger partial charge on any atom is 0.132 e. The van der Waals surface area contributed by atoms with Gasteiger partial charge in [0.15, 0.2) is 0 Å². The average molecular weight is 443 g/mol. The topological polar surface area (TPSA) is 43.3 Å². The second kappa shape index (κ2) is 9.82. The fourth-order valence-corrected chi connectivity index (χ4v) is 4.24. The smallest absolute Gasteiger partial charge is 0.132 e. The van der Waals surface area contributed by atoms with Crippen molar-refractivity contribution in [3.05, 3.63) is 102 Å². The summed E-state index contributed by atoms with van der Waals surface area (Å²) in [5.41, 5.74) is 4.42. The Morgan fingerprint density at radius 3 is 1.67 bits per heavy atom. The van der Waals surface area contributed by atoms with E-state index in [1.165, 1.54) is 5.56 Å². The van der Waals surface area contributed by atoms with Gasteiger partial charge in [0.25, 0.3) is 0 Å². The van der Waals surface area contributed by atoms with Gasteiger partial charge in [-0.2, -0.15) is 0 Å². The zero-order valence-corrected chi connectivity index (χ0v) is 19.6. The highest BCUT2D eigenvalue weighted by Gasteiger charge is 2.38. The van der Waals surface area contributed by atoms with E-state index in [1.54, 1.807) is 21.3 Å². The zero-order valence-electron chi connectivity index (χ0n) is 19.6. The van der Waals surface area contributed by atoms with Crippen molar-refractivity contribution in [3.63, 3.8) is 0 Å². The summed E-state index contributed by atoms with van der Waals surface area (Å²) in [4.78, 5) is 7.61. The van der Waals surface area contributed by atoms with Gasteiger partial charge in [-0.15, -0.1) is 0 Å². The molecule has 0 saturated carbocycles. The first-order valence-corrected chi connectivity index (χ1v) is 10.9. The SMILES string of the molecule is C=C(C)CN1C(c2ccc(OC)cc2)=NC(c2ccc(OC)cc2)C1c1ccc(OC)cc1. The zero-order chi connectivity index (χ0) is 23.4. The van der Waals surface area contributed by atoms with Crippen LogP contribution in [-0.2, 0) is 0 Å². The van der Waals surface area contributed by atoms with Crippen LogP contribution >= 0.6 is 0 Å². The summed E-state index contributed by atoms with van der Waals surface area (Å²) in [5.74, 6) is 3.43. The highest BCUT2D eigenvalue weighted by atomic mass is 16.5. The number of aliphatic imine (C=N–C) groups is 1. The summed E-state index contributed by atoms with van der Waals surface area (Å²) in [6.07, 6.45) is 0. The number of hydrogen-bond acceptors (Lipinski definition) is 5. The maximum atomic E-state index is 5.39. The van der Waals surface area contributed by atoms with Crippen molar-refractivity contribution in [2.24, 2.45) is 4.99 Å². The Balaban J connectivity index is 1.83. The number of nitrogens with zero attached hydrogens (tertiary/aromatic N) is 2. The molecule has 170 valence electrons. The predicted octanol–water partition coefficient (Wildman–Crippen LogP) is 5.83. The van der Waals surface area contributed by atoms with Gasteiger partial charge in [-0.25, -0.2) is 0 Å². The largest absolute Gasteiger partial charge is 0.497 e. The lowest BCUT2D eigenvalue weighted by molar-refractivity contribution is 0.331. The molecule has 0 aliphatic carbocycles. The van der Waals surface area contributed by atoms with Crippen molar-refractivity contribution in [1.29, 1.82) is 0 Å². The number of benzene rings is 3. The molecule has 0 fully saturated rings. The predicted molar refractivity (Wildman–Crippen MR) is 133 cm³/mol. The number of rotatable bonds is 8. The van der Waals surface area contributed by atoms with Gasteiger partial charge in [-0.05, 0) is 66.6 Å². The number of hydrogen-bond donors (Lipinski definition) is 0. The van der Waals surface area contributed by atoms with Gasteiger partial charge in [0, 0.05) is 12.1 Å². The molecule has 4 rings (SSSR count). The summed E-state index contributed by atoms with van der Waals surface area (Å²) in [6.45, 7) is 6.95. The molecule has 0 bridgehead atoms. The summed E-state index contributed by atoms with van der Waals surface area (Å²) in [5, 5.41) is 0. The highest BCUT2D eigenvalue weighted by Crippen LogP contribution is 2.44. The van der Waals surface area contributed by atoms with Crippen molar-refractivity contribution < 1.29 is 14.2 Å². The van der Waals surface area contributed by atoms with Crippen molar-refractivity contribution in [3.8, 4) is 17.2 Å². The van der Waals surface area contributed by atoms with Crippen molar-refractivity contribution in [2.45, 2.75) is 19.0 Å². The summed E-state index contributed by atoms with van der Waals surface area (Å²) < 4.78 is 16.1. The maximum absolute atomic E-state index is 5.39. The molecular formula is C28H30N2O3. The van der Waals surface area contributed by atoms with E-state index in [-0.39, 0.29) is 12.1 Å². The molecule has 1 aliphatic rings. The van der Waals surface area contributed by atoms with Crippen LogP contribution in [0.2, 0.25) is 0 Å². The molecule has 5 nitrogen and oxygen atoms in total. The average Bonchev–Trinajstić information content (AvgIpc) is 3.22. The highest BCUT2D eigenvalue weighted by molar-refractivity contribution is 6.00. The molecule has 5 heteroatoms. The van der Waals surface area contributed by atoms with Crippen LogP contribution in [0.4, 0.5) is 0 Å². The quantitative estimate of drug-likeness (QED) is 0.412. The van der Waals surface area contributed by atoms with Gasteiger partial charge in [0.1, 0.15) is 29.1 Å². The summed E-state index contributed by atoms with van der Waals surface area (Å²) in [6, 6.07) is 24.4. The lowest BCUT2D eigenvalue weighted by Gasteiger charge is -2.31. The van der Waals surface area contributed by atoms with Crippen LogP contribution in [-0.4, -0.2) is 38.6 Å². The van der Waals surface area contributed by atoms with Crippen LogP contribution in [0.5, 0.6) is 17.2 Å². The molecule has 0 saturated heterocycles. The second-order valence-corrected chi connectivity index (χ2v) is 8.20. The minimum Gasteiger partial charge on any atom is -0.497 e. The summed E-state index contributed by atoms with van der Waals surface area (Å²) >= 11 is 0. The third-order valence-electron chi connectivity index (χ3n) is 5.87. The van der Waals surface area contributed by atoms with Gasteiger partial charge < -0.3 is 19.1 Å². The molecule has 0 radical (unpaired) electrons. The van der Waals surface area contributed by atoms with Crippen LogP contribution in [0.25, 0.3) is 0 Å². The molecule has 1 aliphatic heterocycles. The number of methoxy groups -OCH3 is 3. The normalized spacial score (nSPS) is 17.5. The Hall–Kier alpha value is -3.73. The van der Waals surface area contributed by atoms with E-state index in [4.69, 9.17) is 19.2 Å². The van der Waals surface area contributed by atoms with E-state index < -0.39 is 0 Å². The molecule has 2 unspecified atom stereocenters. The minimum absolute atomic E-state index is 0.0121. The van der Waals surface area contributed by atoms with Gasteiger partial charge in [0.05, 0.1) is 27.4 Å². The summed E-state index contributed by atoms with van der Waals surface area (Å²) in [7, 11) is 5.04. The molecule has 0 N–H and O–H groups in total. The van der Waals surface area contributed by atoms with Crippen LogP contribution in [0.3, 0.4) is 0 Å². The Kier molecular flexibility index (Phi) is 6.68. The van der Waals surface area contributed by atoms with E-state index in [2.05, 4.69) is 54.8 Å². The van der Waals surface area contributed by atoms with E-state index in [0.717, 1.165) is 39.8 Å². The Morgan fingerprint density at radius 1 is 0.758 bits per heavy atom. The molecule has 0 spiro atoms. The lowest BCUT2D eigenvalue weighted by atomic mass is 9.93. The van der Waals surface area contributed by atoms with Crippen LogP contribution in [0.1, 0.15) is 35.7 Å². The van der Waals surface area contributed by atoms with Crippen LogP contribution in [0, 0.1) is 0 Å². The molecule has 2 atom stereocenters. The fraction of sp³-hybridized carbons (Fsp3) is 0.250. The Labute approximate surface area is 195 Å². The van der Waals surface area contributed by atoms with Gasteiger partial charge in [0.2, 0.25) is 0 Å². The van der Waals surface area contributed by atoms with E-state index in [0.29, 0.717) is 6.54 Å². The molecule has 1 heterocycles. The van der Waals surface area contributed by atoms with E-state index in [1.807, 2.05) is 36.4 Å². The van der Waals surface area contributed by atoms with E-state index in [9.17, 15) is 0 Å².